The van der Waals surface area contributed by atoms with Crippen LogP contribution >= 0.6 is 0 Å². The van der Waals surface area contributed by atoms with Crippen molar-refractivity contribution in [3.63, 3.8) is 0 Å². The fraction of sp³-hybridized carbons (Fsp3) is 0.0769. The number of hydrogen-bond acceptors (Lipinski definition) is 5. The summed E-state index contributed by atoms with van der Waals surface area (Å²) < 4.78 is 31.5. The Bertz CT molecular complexity index is 1590. The second-order valence-corrected chi connectivity index (χ2v) is 9.80. The number of rotatable bonds is 6. The number of hydrogen-bond donors (Lipinski definition) is 2. The molecule has 1 amide bonds. The number of pyridine rings is 1. The van der Waals surface area contributed by atoms with Crippen molar-refractivity contribution < 1.29 is 17.9 Å². The van der Waals surface area contributed by atoms with Crippen molar-refractivity contribution in [1.82, 2.24) is 15.3 Å². The summed E-state index contributed by atoms with van der Waals surface area (Å²) in [5.74, 6) is 0.466. The van der Waals surface area contributed by atoms with Crippen molar-refractivity contribution in [3.8, 4) is 5.75 Å². The highest BCUT2D eigenvalue weighted by molar-refractivity contribution is 7.91. The standard InChI is InChI=1S/C26H21N3O4S/c1-33-21-6-4-19-13-23(9-5-18(19)12-21)34(31,32)22-7-2-17(3-8-22)15-28-26(30)25-14-20-16-27-11-10-24(20)29-25/h2-14,16,29H,15H2,1H3,(H,28,30). The number of carbonyl (C=O) groups excluding carboxylic acids is 1. The van der Waals surface area contributed by atoms with Gasteiger partial charge in [0.2, 0.25) is 9.84 Å². The highest BCUT2D eigenvalue weighted by Crippen LogP contribution is 2.27. The number of H-pyrrole nitrogens is 1. The lowest BCUT2D eigenvalue weighted by Gasteiger charge is -2.09. The zero-order valence-electron chi connectivity index (χ0n) is 18.3. The summed E-state index contributed by atoms with van der Waals surface area (Å²) in [6, 6.07) is 20.6. The monoisotopic (exact) mass is 471 g/mol. The molecule has 0 saturated heterocycles. The van der Waals surface area contributed by atoms with Gasteiger partial charge >= 0.3 is 0 Å². The molecular formula is C26H21N3O4S. The van der Waals surface area contributed by atoms with Gasteiger partial charge in [-0.3, -0.25) is 9.78 Å². The summed E-state index contributed by atoms with van der Waals surface area (Å²) in [5, 5.41) is 5.41. The number of benzene rings is 3. The Morgan fingerprint density at radius 1 is 0.912 bits per heavy atom. The van der Waals surface area contributed by atoms with E-state index in [1.807, 2.05) is 12.1 Å². The van der Waals surface area contributed by atoms with Gasteiger partial charge in [-0.15, -0.1) is 0 Å². The maximum Gasteiger partial charge on any atom is 0.267 e. The molecule has 170 valence electrons. The van der Waals surface area contributed by atoms with Gasteiger partial charge in [0.05, 0.1) is 16.9 Å². The number of aromatic nitrogens is 2. The van der Waals surface area contributed by atoms with Crippen molar-refractivity contribution in [1.29, 1.82) is 0 Å². The zero-order chi connectivity index (χ0) is 23.7. The van der Waals surface area contributed by atoms with E-state index >= 15 is 0 Å². The molecular weight excluding hydrogens is 450 g/mol. The van der Waals surface area contributed by atoms with E-state index in [-0.39, 0.29) is 22.2 Å². The van der Waals surface area contributed by atoms with Crippen LogP contribution in [0.3, 0.4) is 0 Å². The zero-order valence-corrected chi connectivity index (χ0v) is 19.1. The topological polar surface area (TPSA) is 101 Å². The van der Waals surface area contributed by atoms with Gasteiger partial charge in [0.25, 0.3) is 5.91 Å². The lowest BCUT2D eigenvalue weighted by atomic mass is 10.1. The van der Waals surface area contributed by atoms with Crippen LogP contribution in [0.25, 0.3) is 21.7 Å². The summed E-state index contributed by atoms with van der Waals surface area (Å²) in [6.45, 7) is 0.268. The van der Waals surface area contributed by atoms with E-state index in [1.54, 1.807) is 80.2 Å². The van der Waals surface area contributed by atoms with Crippen LogP contribution in [-0.4, -0.2) is 31.4 Å². The average molecular weight is 472 g/mol. The molecule has 0 unspecified atom stereocenters. The van der Waals surface area contributed by atoms with Crippen LogP contribution < -0.4 is 10.1 Å². The molecule has 0 bridgehead atoms. The molecule has 0 fully saturated rings. The molecule has 2 aromatic heterocycles. The van der Waals surface area contributed by atoms with Crippen LogP contribution in [0.5, 0.6) is 5.75 Å². The number of aromatic amines is 1. The normalized spacial score (nSPS) is 11.6. The summed E-state index contributed by atoms with van der Waals surface area (Å²) in [6.07, 6.45) is 3.35. The Labute approximate surface area is 196 Å². The summed E-state index contributed by atoms with van der Waals surface area (Å²) in [4.78, 5) is 20.0. The van der Waals surface area contributed by atoms with Gasteiger partial charge in [-0.2, -0.15) is 0 Å². The van der Waals surface area contributed by atoms with Crippen LogP contribution in [0.1, 0.15) is 16.1 Å². The number of nitrogens with zero attached hydrogens (tertiary/aromatic N) is 1. The number of ether oxygens (including phenoxy) is 1. The summed E-state index contributed by atoms with van der Waals surface area (Å²) in [5.41, 5.74) is 2.06. The molecule has 2 N–H and O–H groups in total. The average Bonchev–Trinajstić information content (AvgIpc) is 3.31. The smallest absolute Gasteiger partial charge is 0.267 e. The van der Waals surface area contributed by atoms with E-state index < -0.39 is 9.84 Å². The lowest BCUT2D eigenvalue weighted by Crippen LogP contribution is -2.23. The predicted molar refractivity (Wildman–Crippen MR) is 130 cm³/mol. The van der Waals surface area contributed by atoms with E-state index in [0.29, 0.717) is 11.4 Å². The first-order chi connectivity index (χ1) is 16.4. The van der Waals surface area contributed by atoms with Gasteiger partial charge in [0, 0.05) is 29.8 Å². The van der Waals surface area contributed by atoms with Crippen molar-refractivity contribution in [2.45, 2.75) is 16.3 Å². The molecule has 0 aliphatic heterocycles. The Kier molecular flexibility index (Phi) is 5.51. The third-order valence-electron chi connectivity index (χ3n) is 5.68. The Morgan fingerprint density at radius 2 is 1.65 bits per heavy atom. The summed E-state index contributed by atoms with van der Waals surface area (Å²) >= 11 is 0. The van der Waals surface area contributed by atoms with Crippen LogP contribution in [0.4, 0.5) is 0 Å². The van der Waals surface area contributed by atoms with Gasteiger partial charge in [-0.1, -0.05) is 24.3 Å². The highest BCUT2D eigenvalue weighted by atomic mass is 32.2. The van der Waals surface area contributed by atoms with E-state index in [1.165, 1.54) is 0 Å². The Balaban J connectivity index is 1.31. The van der Waals surface area contributed by atoms with Gasteiger partial charge in [-0.25, -0.2) is 8.42 Å². The first-order valence-electron chi connectivity index (χ1n) is 10.6. The molecule has 0 radical (unpaired) electrons. The number of carbonyl (C=O) groups is 1. The van der Waals surface area contributed by atoms with E-state index in [4.69, 9.17) is 4.74 Å². The first kappa shape index (κ1) is 21.7. The largest absolute Gasteiger partial charge is 0.497 e. The van der Waals surface area contributed by atoms with Crippen molar-refractivity contribution in [3.05, 3.63) is 96.4 Å². The molecule has 0 spiro atoms. The Morgan fingerprint density at radius 3 is 2.41 bits per heavy atom. The second kappa shape index (κ2) is 8.64. The number of amides is 1. The highest BCUT2D eigenvalue weighted by Gasteiger charge is 2.18. The van der Waals surface area contributed by atoms with E-state index in [9.17, 15) is 13.2 Å². The molecule has 0 atom stereocenters. The van der Waals surface area contributed by atoms with Gasteiger partial charge in [0.15, 0.2) is 0 Å². The molecule has 5 rings (SSSR count). The molecule has 34 heavy (non-hydrogen) atoms. The second-order valence-electron chi connectivity index (χ2n) is 7.85. The van der Waals surface area contributed by atoms with Crippen molar-refractivity contribution in [2.75, 3.05) is 7.11 Å². The molecule has 0 aliphatic carbocycles. The minimum Gasteiger partial charge on any atom is -0.497 e. The number of sulfone groups is 1. The van der Waals surface area contributed by atoms with Gasteiger partial charge in [-0.05, 0) is 64.9 Å². The van der Waals surface area contributed by atoms with Crippen LogP contribution in [0, 0.1) is 0 Å². The van der Waals surface area contributed by atoms with Crippen molar-refractivity contribution >= 4 is 37.4 Å². The van der Waals surface area contributed by atoms with Crippen LogP contribution in [0.15, 0.2) is 95.0 Å². The maximum absolute atomic E-state index is 13.1. The lowest BCUT2D eigenvalue weighted by molar-refractivity contribution is 0.0946. The predicted octanol–water partition coefficient (Wildman–Crippen LogP) is 4.49. The third kappa shape index (κ3) is 4.11. The molecule has 5 aromatic rings. The molecule has 8 heteroatoms. The minimum absolute atomic E-state index is 0.193. The molecule has 3 aromatic carbocycles. The fourth-order valence-electron chi connectivity index (χ4n) is 3.79. The number of fused-ring (bicyclic) bond motifs is 2. The molecule has 0 aliphatic rings. The molecule has 2 heterocycles. The van der Waals surface area contributed by atoms with E-state index in [2.05, 4.69) is 15.3 Å². The van der Waals surface area contributed by atoms with Crippen molar-refractivity contribution in [2.24, 2.45) is 0 Å². The number of nitrogens with one attached hydrogen (secondary N) is 2. The van der Waals surface area contributed by atoms with Gasteiger partial charge in [0.1, 0.15) is 11.4 Å². The number of methoxy groups -OCH3 is 1. The maximum atomic E-state index is 13.1. The quantitative estimate of drug-likeness (QED) is 0.380. The first-order valence-corrected chi connectivity index (χ1v) is 12.1. The van der Waals surface area contributed by atoms with Crippen LogP contribution in [0.2, 0.25) is 0 Å². The molecule has 7 nitrogen and oxygen atoms in total. The minimum atomic E-state index is -3.68. The Hall–Kier alpha value is -4.17. The summed E-state index contributed by atoms with van der Waals surface area (Å²) in [7, 11) is -2.09. The van der Waals surface area contributed by atoms with E-state index in [0.717, 1.165) is 27.2 Å². The SMILES string of the molecule is COc1ccc2cc(S(=O)(=O)c3ccc(CNC(=O)c4cc5cnccc5[nH]4)cc3)ccc2c1. The van der Waals surface area contributed by atoms with Crippen LogP contribution in [-0.2, 0) is 16.4 Å². The third-order valence-corrected chi connectivity index (χ3v) is 7.45. The fourth-order valence-corrected chi connectivity index (χ4v) is 5.09. The molecule has 0 saturated carbocycles. The van der Waals surface area contributed by atoms with Gasteiger partial charge < -0.3 is 15.0 Å².